The van der Waals surface area contributed by atoms with Crippen molar-refractivity contribution in [3.8, 4) is 11.5 Å². The number of aryl methyl sites for hydroxylation is 1. The third-order valence-corrected chi connectivity index (χ3v) is 3.29. The Morgan fingerprint density at radius 3 is 2.57 bits per heavy atom. The van der Waals surface area contributed by atoms with Crippen LogP contribution in [-0.2, 0) is 0 Å². The Morgan fingerprint density at radius 2 is 1.81 bits per heavy atom. The molecule has 106 valence electrons. The molecule has 0 bridgehead atoms. The Morgan fingerprint density at radius 1 is 1.05 bits per heavy atom. The first-order valence-electron chi connectivity index (χ1n) is 6.56. The van der Waals surface area contributed by atoms with Crippen LogP contribution in [0, 0.1) is 12.7 Å². The van der Waals surface area contributed by atoms with Gasteiger partial charge in [0.15, 0.2) is 0 Å². The quantitative estimate of drug-likeness (QED) is 0.801. The molecule has 0 fully saturated rings. The van der Waals surface area contributed by atoms with E-state index in [0.717, 1.165) is 5.56 Å². The summed E-state index contributed by atoms with van der Waals surface area (Å²) in [4.78, 5) is 0. The van der Waals surface area contributed by atoms with E-state index in [9.17, 15) is 4.39 Å². The van der Waals surface area contributed by atoms with E-state index in [1.54, 1.807) is 25.1 Å². The van der Waals surface area contributed by atoms with Gasteiger partial charge in [0.1, 0.15) is 11.9 Å². The number of rotatable bonds is 3. The summed E-state index contributed by atoms with van der Waals surface area (Å²) in [5.41, 5.74) is 7.76. The maximum absolute atomic E-state index is 14.1. The molecular weight excluding hydrogens is 269 g/mol. The largest absolute Gasteiger partial charge is 0.418 e. The first kappa shape index (κ1) is 13.5. The number of aromatic nitrogens is 2. The molecule has 0 saturated heterocycles. The van der Waals surface area contributed by atoms with Crippen LogP contribution < -0.4 is 5.73 Å². The van der Waals surface area contributed by atoms with E-state index in [1.807, 2.05) is 30.3 Å². The molecule has 21 heavy (non-hydrogen) atoms. The van der Waals surface area contributed by atoms with E-state index in [1.165, 1.54) is 0 Å². The van der Waals surface area contributed by atoms with Crippen molar-refractivity contribution < 1.29 is 8.81 Å². The minimum atomic E-state index is -0.527. The van der Waals surface area contributed by atoms with E-state index in [0.29, 0.717) is 5.56 Å². The molecular formula is C16H14FN3O. The second kappa shape index (κ2) is 5.46. The van der Waals surface area contributed by atoms with Crippen molar-refractivity contribution in [2.75, 3.05) is 0 Å². The summed E-state index contributed by atoms with van der Waals surface area (Å²) in [6.07, 6.45) is 0. The van der Waals surface area contributed by atoms with E-state index in [-0.39, 0.29) is 23.2 Å². The molecule has 0 radical (unpaired) electrons. The van der Waals surface area contributed by atoms with Crippen molar-refractivity contribution in [1.29, 1.82) is 0 Å². The van der Waals surface area contributed by atoms with Gasteiger partial charge in [0, 0.05) is 0 Å². The molecule has 0 amide bonds. The molecule has 0 spiro atoms. The van der Waals surface area contributed by atoms with Crippen LogP contribution in [0.1, 0.15) is 23.1 Å². The fourth-order valence-corrected chi connectivity index (χ4v) is 2.08. The Balaban J connectivity index is 1.95. The minimum Gasteiger partial charge on any atom is -0.418 e. The molecule has 1 aromatic heterocycles. The standard InChI is InChI=1S/C16H14FN3O/c1-10-6-5-9-12(13(10)17)15-19-20-16(21-15)14(18)11-7-3-2-4-8-11/h2-9,14H,18H2,1H3. The highest BCUT2D eigenvalue weighted by atomic mass is 19.1. The topological polar surface area (TPSA) is 64.9 Å². The van der Waals surface area contributed by atoms with Crippen LogP contribution >= 0.6 is 0 Å². The molecule has 2 aromatic carbocycles. The van der Waals surface area contributed by atoms with Crippen molar-refractivity contribution in [2.24, 2.45) is 5.73 Å². The summed E-state index contributed by atoms with van der Waals surface area (Å²) in [5.74, 6) is 0.0377. The number of nitrogens with zero attached hydrogens (tertiary/aromatic N) is 2. The number of halogens is 1. The molecule has 1 unspecified atom stereocenters. The van der Waals surface area contributed by atoms with Gasteiger partial charge in [-0.3, -0.25) is 0 Å². The van der Waals surface area contributed by atoms with Gasteiger partial charge in [0.05, 0.1) is 5.56 Å². The Hall–Kier alpha value is -2.53. The zero-order chi connectivity index (χ0) is 14.8. The lowest BCUT2D eigenvalue weighted by atomic mass is 10.1. The van der Waals surface area contributed by atoms with Crippen LogP contribution in [0.25, 0.3) is 11.5 Å². The van der Waals surface area contributed by atoms with Crippen LogP contribution in [0.3, 0.4) is 0 Å². The lowest BCUT2D eigenvalue weighted by Crippen LogP contribution is -2.11. The summed E-state index contributed by atoms with van der Waals surface area (Å²) in [6, 6.07) is 13.9. The van der Waals surface area contributed by atoms with Gasteiger partial charge in [-0.15, -0.1) is 10.2 Å². The second-order valence-electron chi connectivity index (χ2n) is 4.77. The number of benzene rings is 2. The third-order valence-electron chi connectivity index (χ3n) is 3.29. The van der Waals surface area contributed by atoms with Crippen molar-refractivity contribution in [3.05, 3.63) is 71.4 Å². The van der Waals surface area contributed by atoms with Gasteiger partial charge < -0.3 is 10.2 Å². The lowest BCUT2D eigenvalue weighted by molar-refractivity contribution is 0.480. The zero-order valence-corrected chi connectivity index (χ0v) is 11.5. The number of hydrogen-bond acceptors (Lipinski definition) is 4. The first-order valence-corrected chi connectivity index (χ1v) is 6.56. The van der Waals surface area contributed by atoms with Gasteiger partial charge in [0.25, 0.3) is 5.89 Å². The van der Waals surface area contributed by atoms with E-state index < -0.39 is 6.04 Å². The first-order chi connectivity index (χ1) is 10.2. The van der Waals surface area contributed by atoms with Crippen molar-refractivity contribution in [2.45, 2.75) is 13.0 Å². The highest BCUT2D eigenvalue weighted by molar-refractivity contribution is 5.55. The van der Waals surface area contributed by atoms with Crippen LogP contribution in [-0.4, -0.2) is 10.2 Å². The van der Waals surface area contributed by atoms with E-state index >= 15 is 0 Å². The van der Waals surface area contributed by atoms with Gasteiger partial charge in [-0.25, -0.2) is 4.39 Å². The van der Waals surface area contributed by atoms with Crippen LogP contribution in [0.5, 0.6) is 0 Å². The summed E-state index contributed by atoms with van der Waals surface area (Å²) in [6.45, 7) is 1.69. The Kier molecular flexibility index (Phi) is 3.50. The second-order valence-corrected chi connectivity index (χ2v) is 4.77. The molecule has 0 aliphatic heterocycles. The highest BCUT2D eigenvalue weighted by Gasteiger charge is 2.19. The molecule has 0 saturated carbocycles. The number of hydrogen-bond donors (Lipinski definition) is 1. The van der Waals surface area contributed by atoms with Crippen molar-refractivity contribution in [3.63, 3.8) is 0 Å². The van der Waals surface area contributed by atoms with Crippen LogP contribution in [0.2, 0.25) is 0 Å². The van der Waals surface area contributed by atoms with E-state index in [4.69, 9.17) is 10.2 Å². The van der Waals surface area contributed by atoms with Gasteiger partial charge >= 0.3 is 0 Å². The van der Waals surface area contributed by atoms with Crippen LogP contribution in [0.15, 0.2) is 52.9 Å². The maximum atomic E-state index is 14.1. The smallest absolute Gasteiger partial charge is 0.250 e. The summed E-state index contributed by atoms with van der Waals surface area (Å²) in [5, 5.41) is 7.83. The molecule has 0 aliphatic rings. The molecule has 3 rings (SSSR count). The SMILES string of the molecule is Cc1cccc(-c2nnc(C(N)c3ccccc3)o2)c1F. The van der Waals surface area contributed by atoms with E-state index in [2.05, 4.69) is 10.2 Å². The predicted molar refractivity (Wildman–Crippen MR) is 76.9 cm³/mol. The predicted octanol–water partition coefficient (Wildman–Crippen LogP) is 3.23. The van der Waals surface area contributed by atoms with Gasteiger partial charge in [-0.05, 0) is 24.1 Å². The molecule has 4 nitrogen and oxygen atoms in total. The van der Waals surface area contributed by atoms with Crippen molar-refractivity contribution in [1.82, 2.24) is 10.2 Å². The third kappa shape index (κ3) is 2.55. The average molecular weight is 283 g/mol. The van der Waals surface area contributed by atoms with Gasteiger partial charge in [-0.2, -0.15) is 0 Å². The zero-order valence-electron chi connectivity index (χ0n) is 11.5. The maximum Gasteiger partial charge on any atom is 0.250 e. The van der Waals surface area contributed by atoms with Crippen LogP contribution in [0.4, 0.5) is 4.39 Å². The monoisotopic (exact) mass is 283 g/mol. The minimum absolute atomic E-state index is 0.137. The normalized spacial score (nSPS) is 12.3. The van der Waals surface area contributed by atoms with Crippen molar-refractivity contribution >= 4 is 0 Å². The molecule has 3 aromatic rings. The van der Waals surface area contributed by atoms with Gasteiger partial charge in [-0.1, -0.05) is 42.5 Å². The Labute approximate surface area is 121 Å². The molecule has 1 atom stereocenters. The number of nitrogens with two attached hydrogens (primary N) is 1. The summed E-state index contributed by atoms with van der Waals surface area (Å²) < 4.78 is 19.6. The molecule has 5 heteroatoms. The summed E-state index contributed by atoms with van der Waals surface area (Å²) in [7, 11) is 0. The highest BCUT2D eigenvalue weighted by Crippen LogP contribution is 2.26. The fraction of sp³-hybridized carbons (Fsp3) is 0.125. The molecule has 2 N–H and O–H groups in total. The average Bonchev–Trinajstić information content (AvgIpc) is 3.00. The molecule has 1 heterocycles. The van der Waals surface area contributed by atoms with Gasteiger partial charge in [0.2, 0.25) is 5.89 Å². The fourth-order valence-electron chi connectivity index (χ4n) is 2.08. The summed E-state index contributed by atoms with van der Waals surface area (Å²) >= 11 is 0. The lowest BCUT2D eigenvalue weighted by Gasteiger charge is -2.06. The molecule has 0 aliphatic carbocycles. The Bertz CT molecular complexity index is 755.